The Bertz CT molecular complexity index is 840. The smallest absolute Gasteiger partial charge is 0.512 e. The van der Waals surface area contributed by atoms with E-state index in [2.05, 4.69) is 79.3 Å². The van der Waals surface area contributed by atoms with Gasteiger partial charge in [-0.1, -0.05) is 37.4 Å². The summed E-state index contributed by atoms with van der Waals surface area (Å²) in [6.45, 7) is -1.74. The Kier molecular flexibility index (Phi) is 10.0. The van der Waals surface area contributed by atoms with Crippen molar-refractivity contribution in [1.29, 1.82) is 0 Å². The predicted molar refractivity (Wildman–Crippen MR) is 133 cm³/mol. The van der Waals surface area contributed by atoms with Crippen LogP contribution in [0.1, 0.15) is 16.7 Å². The SMILES string of the molecule is C#CO[Si](OC#C)[Si](CCc1cc(C)c(OC)c(C)c1)([Si]([Si])([Si])[Si])[Si]([Si])([Si])OC#C. The minimum absolute atomic E-state index is 0.666. The Labute approximate surface area is 200 Å². The molecule has 146 valence electrons. The van der Waals surface area contributed by atoms with E-state index < -0.39 is 28.4 Å². The fourth-order valence-corrected chi connectivity index (χ4v) is 93.6. The third-order valence-electron chi connectivity index (χ3n) is 4.62. The molecule has 1 atom stereocenters. The van der Waals surface area contributed by atoms with Crippen LogP contribution in [-0.4, -0.2) is 84.4 Å². The van der Waals surface area contributed by atoms with Gasteiger partial charge in [-0.15, -0.1) is 0 Å². The van der Waals surface area contributed by atoms with Crippen LogP contribution in [0.2, 0.25) is 6.04 Å². The van der Waals surface area contributed by atoms with Crippen LogP contribution in [0, 0.1) is 51.4 Å². The second-order valence-electron chi connectivity index (χ2n) is 6.55. The average molecular weight is 539 g/mol. The van der Waals surface area contributed by atoms with E-state index in [0.29, 0.717) is 12.5 Å². The van der Waals surface area contributed by atoms with Crippen LogP contribution in [0.4, 0.5) is 0 Å². The van der Waals surface area contributed by atoms with E-state index in [4.69, 9.17) is 37.3 Å². The van der Waals surface area contributed by atoms with Gasteiger partial charge in [0.2, 0.25) is 6.87 Å². The summed E-state index contributed by atoms with van der Waals surface area (Å²) in [6.07, 6.45) is 21.4. The summed E-state index contributed by atoms with van der Waals surface area (Å²) in [6, 6.07) is 4.87. The molecular formula is C17H18O4Si9. The fourth-order valence-electron chi connectivity index (χ4n) is 3.34. The van der Waals surface area contributed by atoms with Crippen LogP contribution < -0.4 is 4.74 Å². The Morgan fingerprint density at radius 2 is 1.43 bits per heavy atom. The Morgan fingerprint density at radius 3 is 1.80 bits per heavy atom. The minimum Gasteiger partial charge on any atom is -0.514 e. The van der Waals surface area contributed by atoms with Crippen LogP contribution in [0.15, 0.2) is 12.1 Å². The third-order valence-corrected chi connectivity index (χ3v) is 81.6. The molecule has 0 heterocycles. The van der Waals surface area contributed by atoms with Gasteiger partial charge >= 0.3 is 8.80 Å². The maximum atomic E-state index is 5.77. The number of terminal acetylenes is 3. The van der Waals surface area contributed by atoms with Crippen molar-refractivity contribution in [1.82, 2.24) is 0 Å². The van der Waals surface area contributed by atoms with Crippen molar-refractivity contribution in [3.8, 4) is 43.3 Å². The molecule has 13 heteroatoms. The molecule has 0 aliphatic rings. The van der Waals surface area contributed by atoms with Gasteiger partial charge in [-0.2, -0.15) is 0 Å². The zero-order chi connectivity index (χ0) is 23.2. The molecule has 1 aromatic carbocycles. The van der Waals surface area contributed by atoms with E-state index in [9.17, 15) is 0 Å². The Balaban J connectivity index is 3.59. The highest BCUT2D eigenvalue weighted by atomic mass is 30.4. The van der Waals surface area contributed by atoms with E-state index >= 15 is 0 Å². The summed E-state index contributed by atoms with van der Waals surface area (Å²) in [4.78, 5) is 0. The van der Waals surface area contributed by atoms with Gasteiger partial charge in [0.05, 0.1) is 44.9 Å². The molecule has 16 radical (unpaired) electrons. The van der Waals surface area contributed by atoms with Crippen molar-refractivity contribution in [3.63, 3.8) is 0 Å². The van der Waals surface area contributed by atoms with Crippen LogP contribution >= 0.6 is 0 Å². The number of hydrogen-bond acceptors (Lipinski definition) is 4. The monoisotopic (exact) mass is 538 g/mol. The lowest BCUT2D eigenvalue weighted by atomic mass is 10.0. The molecule has 0 saturated carbocycles. The van der Waals surface area contributed by atoms with E-state index in [1.54, 1.807) is 7.11 Å². The second kappa shape index (κ2) is 11.1. The van der Waals surface area contributed by atoms with E-state index in [1.165, 1.54) is 0 Å². The van der Waals surface area contributed by atoms with Crippen molar-refractivity contribution in [2.75, 3.05) is 7.11 Å². The zero-order valence-corrected chi connectivity index (χ0v) is 25.9. The first kappa shape index (κ1) is 27.1. The first-order chi connectivity index (χ1) is 13.9. The van der Waals surface area contributed by atoms with Gasteiger partial charge in [-0.05, 0) is 37.0 Å². The second-order valence-corrected chi connectivity index (χ2v) is 55.2. The van der Waals surface area contributed by atoms with Crippen LogP contribution in [0.5, 0.6) is 5.75 Å². The molecule has 0 bridgehead atoms. The largest absolute Gasteiger partial charge is 0.514 e. The fraction of sp³-hybridized carbons (Fsp3) is 0.294. The van der Waals surface area contributed by atoms with Crippen molar-refractivity contribution in [2.45, 2.75) is 26.3 Å². The first-order valence-electron chi connectivity index (χ1n) is 8.56. The normalized spacial score (nSPS) is 13.4. The summed E-state index contributed by atoms with van der Waals surface area (Å²) >= 11 is 0. The lowest BCUT2D eigenvalue weighted by molar-refractivity contribution is 0.400. The molecule has 4 nitrogen and oxygen atoms in total. The molecule has 1 aromatic rings. The summed E-state index contributed by atoms with van der Waals surface area (Å²) in [5.41, 5.74) is 3.25. The van der Waals surface area contributed by atoms with Gasteiger partial charge in [0.25, 0.3) is 0 Å². The third kappa shape index (κ3) is 5.64. The van der Waals surface area contributed by atoms with Gasteiger partial charge < -0.3 is 18.0 Å². The quantitative estimate of drug-likeness (QED) is 0.299. The molecule has 0 spiro atoms. The Morgan fingerprint density at radius 1 is 0.933 bits per heavy atom. The van der Waals surface area contributed by atoms with E-state index in [0.717, 1.165) is 22.4 Å². The molecule has 30 heavy (non-hydrogen) atoms. The number of ether oxygens (including phenoxy) is 1. The van der Waals surface area contributed by atoms with Gasteiger partial charge in [0.1, 0.15) is 5.75 Å². The number of aryl methyl sites for hydroxylation is 3. The summed E-state index contributed by atoms with van der Waals surface area (Å²) < 4.78 is 22.6. The zero-order valence-electron chi connectivity index (χ0n) is 16.9. The molecule has 0 fully saturated rings. The summed E-state index contributed by atoms with van der Waals surface area (Å²) in [5.74, 6) is 0.877. The van der Waals surface area contributed by atoms with Crippen LogP contribution in [-0.2, 0) is 19.7 Å². The molecule has 0 amide bonds. The number of benzene rings is 1. The lowest BCUT2D eigenvalue weighted by Gasteiger charge is -2.48. The number of methoxy groups -OCH3 is 1. The highest BCUT2D eigenvalue weighted by molar-refractivity contribution is 8.11. The molecule has 0 aromatic heterocycles. The van der Waals surface area contributed by atoms with Gasteiger partial charge in [0, 0.05) is 35.4 Å². The summed E-state index contributed by atoms with van der Waals surface area (Å²) in [5, 5.41) is 0. The molecule has 0 saturated heterocycles. The molecular weight excluding hydrogens is 521 g/mol. The van der Waals surface area contributed by atoms with Crippen molar-refractivity contribution >= 4 is 77.2 Å². The molecule has 0 aliphatic heterocycles. The lowest BCUT2D eigenvalue weighted by Crippen LogP contribution is -2.88. The average Bonchev–Trinajstić information content (AvgIpc) is 2.60. The van der Waals surface area contributed by atoms with Crippen LogP contribution in [0.25, 0.3) is 0 Å². The van der Waals surface area contributed by atoms with Crippen molar-refractivity contribution in [3.05, 3.63) is 28.8 Å². The maximum Gasteiger partial charge on any atom is 0.512 e. The molecule has 0 aliphatic carbocycles. The number of hydrogen-bond donors (Lipinski definition) is 0. The van der Waals surface area contributed by atoms with Gasteiger partial charge in [-0.25, -0.2) is 0 Å². The van der Waals surface area contributed by atoms with E-state index in [-0.39, 0.29) is 0 Å². The van der Waals surface area contributed by atoms with Gasteiger partial charge in [-0.3, -0.25) is 0 Å². The van der Waals surface area contributed by atoms with Crippen molar-refractivity contribution in [2.24, 2.45) is 0 Å². The summed E-state index contributed by atoms with van der Waals surface area (Å²) in [7, 11) is 18.8. The minimum atomic E-state index is -2.95. The highest BCUT2D eigenvalue weighted by Gasteiger charge is 2.69. The highest BCUT2D eigenvalue weighted by Crippen LogP contribution is 2.32. The predicted octanol–water partition coefficient (Wildman–Crippen LogP) is -0.431. The first-order valence-corrected chi connectivity index (χ1v) is 26.5. The topological polar surface area (TPSA) is 36.9 Å². The van der Waals surface area contributed by atoms with Crippen molar-refractivity contribution < 1.29 is 18.0 Å². The van der Waals surface area contributed by atoms with E-state index in [1.807, 2.05) is 13.8 Å². The Hall–Kier alpha value is -0.948. The number of rotatable bonds is 10. The van der Waals surface area contributed by atoms with Crippen LogP contribution in [0.3, 0.4) is 0 Å². The maximum absolute atomic E-state index is 5.77. The standard InChI is InChI=1S/C17H18O4Si9/c1-7-19-27(20-8-2)28(30(24,25)26,29(22,23)21-9-3)11-10-16-12-14(4)17(18-6)15(5)13-16/h1-3,12-13H,10-11H2,4-6H3. The molecule has 1 unspecified atom stereocenters. The van der Waals surface area contributed by atoms with Gasteiger partial charge in [0.15, 0.2) is 6.63 Å². The molecule has 1 rings (SSSR count). The molecule has 0 N–H and O–H groups in total.